The summed E-state index contributed by atoms with van der Waals surface area (Å²) in [6.07, 6.45) is 0. The molecular formula is C20H17N2S+. The van der Waals surface area contributed by atoms with Crippen LogP contribution in [0.15, 0.2) is 66.7 Å². The van der Waals surface area contributed by atoms with Crippen molar-refractivity contribution in [2.75, 3.05) is 0 Å². The van der Waals surface area contributed by atoms with E-state index < -0.39 is 0 Å². The van der Waals surface area contributed by atoms with Gasteiger partial charge < -0.3 is 0 Å². The van der Waals surface area contributed by atoms with Crippen LogP contribution in [-0.2, 0) is 0 Å². The molecule has 0 aliphatic rings. The Labute approximate surface area is 139 Å². The van der Waals surface area contributed by atoms with Crippen LogP contribution < -0.4 is 4.40 Å². The fourth-order valence-electron chi connectivity index (χ4n) is 2.97. The van der Waals surface area contributed by atoms with E-state index in [4.69, 9.17) is 4.98 Å². The first-order chi connectivity index (χ1) is 11.2. The van der Waals surface area contributed by atoms with Gasteiger partial charge in [-0.3, -0.25) is 0 Å². The lowest BCUT2D eigenvalue weighted by Gasteiger charge is -2.03. The van der Waals surface area contributed by atoms with E-state index >= 15 is 0 Å². The number of thiazole rings is 1. The van der Waals surface area contributed by atoms with Gasteiger partial charge in [-0.25, -0.2) is 0 Å². The number of rotatable bonds is 2. The summed E-state index contributed by atoms with van der Waals surface area (Å²) in [6.45, 7) is 4.20. The van der Waals surface area contributed by atoms with Crippen LogP contribution in [0.1, 0.15) is 11.4 Å². The first kappa shape index (κ1) is 14.1. The quantitative estimate of drug-likeness (QED) is 0.484. The predicted molar refractivity (Wildman–Crippen MR) is 95.6 cm³/mol. The standard InChI is InChI=1S/C20H17N2S/c1-14-13-15(2)22-18(16-9-5-3-6-10-16)19(23-20(22)21-14)17-11-7-4-8-12-17/h3-13H,1-2H3/q+1. The van der Waals surface area contributed by atoms with Gasteiger partial charge in [0.15, 0.2) is 11.4 Å². The molecule has 0 radical (unpaired) electrons. The van der Waals surface area contributed by atoms with Gasteiger partial charge in [-0.1, -0.05) is 60.7 Å². The summed E-state index contributed by atoms with van der Waals surface area (Å²) in [4.78, 5) is 7.05. The van der Waals surface area contributed by atoms with Crippen LogP contribution in [0.3, 0.4) is 0 Å². The van der Waals surface area contributed by atoms with E-state index in [1.165, 1.54) is 27.4 Å². The first-order valence-corrected chi connectivity index (χ1v) is 8.49. The monoisotopic (exact) mass is 317 g/mol. The molecule has 0 amide bonds. The zero-order chi connectivity index (χ0) is 15.8. The minimum Gasteiger partial charge on any atom is -0.182 e. The van der Waals surface area contributed by atoms with Crippen LogP contribution in [0, 0.1) is 13.8 Å². The largest absolute Gasteiger partial charge is 0.388 e. The molecule has 112 valence electrons. The second kappa shape index (κ2) is 5.60. The number of nitrogens with zero attached hydrogens (tertiary/aromatic N) is 2. The highest BCUT2D eigenvalue weighted by Crippen LogP contribution is 2.35. The number of aryl methyl sites for hydroxylation is 2. The van der Waals surface area contributed by atoms with E-state index in [1.807, 2.05) is 0 Å². The minimum atomic E-state index is 1.04. The van der Waals surface area contributed by atoms with Gasteiger partial charge in [0.1, 0.15) is 5.69 Å². The van der Waals surface area contributed by atoms with E-state index in [2.05, 4.69) is 85.0 Å². The Kier molecular flexibility index (Phi) is 3.43. The van der Waals surface area contributed by atoms with Crippen LogP contribution in [0.5, 0.6) is 0 Å². The summed E-state index contributed by atoms with van der Waals surface area (Å²) in [6, 6.07) is 23.3. The molecule has 0 spiro atoms. The van der Waals surface area contributed by atoms with E-state index in [9.17, 15) is 0 Å². The molecule has 4 aromatic rings. The van der Waals surface area contributed by atoms with Gasteiger partial charge in [0.2, 0.25) is 0 Å². The van der Waals surface area contributed by atoms with Crippen LogP contribution >= 0.6 is 11.3 Å². The molecule has 0 N–H and O–H groups in total. The topological polar surface area (TPSA) is 17.0 Å². The molecule has 23 heavy (non-hydrogen) atoms. The van der Waals surface area contributed by atoms with Gasteiger partial charge in [-0.05, 0) is 28.8 Å². The highest BCUT2D eigenvalue weighted by molar-refractivity contribution is 7.20. The molecule has 0 saturated carbocycles. The van der Waals surface area contributed by atoms with Crippen molar-refractivity contribution >= 4 is 16.3 Å². The molecule has 0 unspecified atom stereocenters. The van der Waals surface area contributed by atoms with Crippen molar-refractivity contribution in [2.24, 2.45) is 0 Å². The van der Waals surface area contributed by atoms with Crippen LogP contribution in [0.2, 0.25) is 0 Å². The predicted octanol–water partition coefficient (Wildman–Crippen LogP) is 4.83. The molecule has 2 nitrogen and oxygen atoms in total. The van der Waals surface area contributed by atoms with E-state index in [-0.39, 0.29) is 0 Å². The lowest BCUT2D eigenvalue weighted by atomic mass is 10.1. The second-order valence-corrected chi connectivity index (χ2v) is 6.65. The number of fused-ring (bicyclic) bond motifs is 1. The fourth-order valence-corrected chi connectivity index (χ4v) is 4.23. The second-order valence-electron chi connectivity index (χ2n) is 5.67. The first-order valence-electron chi connectivity index (χ1n) is 7.67. The summed E-state index contributed by atoms with van der Waals surface area (Å²) in [5.74, 6) is 0. The van der Waals surface area contributed by atoms with Crippen LogP contribution in [0.4, 0.5) is 0 Å². The third kappa shape index (κ3) is 2.43. The zero-order valence-corrected chi connectivity index (χ0v) is 14.0. The van der Waals surface area contributed by atoms with Gasteiger partial charge in [-0.2, -0.15) is 4.40 Å². The van der Waals surface area contributed by atoms with Gasteiger partial charge in [-0.15, -0.1) is 0 Å². The maximum Gasteiger partial charge on any atom is 0.388 e. The molecule has 0 aliphatic carbocycles. The lowest BCUT2D eigenvalue weighted by molar-refractivity contribution is -0.505. The van der Waals surface area contributed by atoms with Crippen molar-refractivity contribution in [3.8, 4) is 21.7 Å². The highest BCUT2D eigenvalue weighted by Gasteiger charge is 2.24. The third-order valence-electron chi connectivity index (χ3n) is 3.95. The lowest BCUT2D eigenvalue weighted by Crippen LogP contribution is -2.27. The van der Waals surface area contributed by atoms with Crippen molar-refractivity contribution in [2.45, 2.75) is 13.8 Å². The maximum atomic E-state index is 4.75. The van der Waals surface area contributed by atoms with Gasteiger partial charge in [0.05, 0.1) is 4.88 Å². The zero-order valence-electron chi connectivity index (χ0n) is 13.2. The average Bonchev–Trinajstić information content (AvgIpc) is 2.96. The van der Waals surface area contributed by atoms with Crippen molar-refractivity contribution in [3.05, 3.63) is 78.1 Å². The Bertz CT molecular complexity index is 973. The van der Waals surface area contributed by atoms with Crippen molar-refractivity contribution in [3.63, 3.8) is 0 Å². The van der Waals surface area contributed by atoms with Crippen molar-refractivity contribution in [1.29, 1.82) is 0 Å². The molecule has 2 aromatic carbocycles. The molecule has 0 aliphatic heterocycles. The Morgan fingerprint density at radius 2 is 1.43 bits per heavy atom. The fraction of sp³-hybridized carbons (Fsp3) is 0.100. The third-order valence-corrected chi connectivity index (χ3v) is 5.04. The molecule has 0 atom stereocenters. The summed E-state index contributed by atoms with van der Waals surface area (Å²) in [5, 5.41) is 0. The maximum absolute atomic E-state index is 4.75. The Hall–Kier alpha value is -2.52. The molecule has 0 saturated heterocycles. The number of aromatic nitrogens is 2. The summed E-state index contributed by atoms with van der Waals surface area (Å²) < 4.78 is 2.27. The van der Waals surface area contributed by atoms with E-state index in [0.29, 0.717) is 0 Å². The molecule has 0 bridgehead atoms. The number of benzene rings is 2. The molecule has 4 rings (SSSR count). The molecule has 3 heteroatoms. The van der Waals surface area contributed by atoms with Gasteiger partial charge >= 0.3 is 4.96 Å². The summed E-state index contributed by atoms with van der Waals surface area (Å²) in [7, 11) is 0. The molecular weight excluding hydrogens is 300 g/mol. The normalized spacial score (nSPS) is 11.0. The highest BCUT2D eigenvalue weighted by atomic mass is 32.1. The molecule has 2 aromatic heterocycles. The Morgan fingerprint density at radius 1 is 0.826 bits per heavy atom. The van der Waals surface area contributed by atoms with Crippen LogP contribution in [-0.4, -0.2) is 4.98 Å². The van der Waals surface area contributed by atoms with Crippen molar-refractivity contribution in [1.82, 2.24) is 4.98 Å². The average molecular weight is 317 g/mol. The summed E-state index contributed by atoms with van der Waals surface area (Å²) >= 11 is 1.75. The number of hydrogen-bond donors (Lipinski definition) is 0. The Morgan fingerprint density at radius 3 is 2.09 bits per heavy atom. The molecule has 0 fully saturated rings. The summed E-state index contributed by atoms with van der Waals surface area (Å²) in [5.41, 5.74) is 5.95. The van der Waals surface area contributed by atoms with Gasteiger partial charge in [0, 0.05) is 18.6 Å². The van der Waals surface area contributed by atoms with E-state index in [1.54, 1.807) is 11.3 Å². The van der Waals surface area contributed by atoms with Crippen molar-refractivity contribution < 1.29 is 4.40 Å². The molecule has 2 heterocycles. The Balaban J connectivity index is 2.12. The van der Waals surface area contributed by atoms with Crippen LogP contribution in [0.25, 0.3) is 26.7 Å². The SMILES string of the molecule is Cc1cc(C)[n+]2c(-c3ccccc3)c(-c3ccccc3)sc2n1. The minimum absolute atomic E-state index is 1.04. The van der Waals surface area contributed by atoms with E-state index in [0.717, 1.165) is 10.7 Å². The smallest absolute Gasteiger partial charge is 0.182 e. The number of hydrogen-bond acceptors (Lipinski definition) is 2. The van der Waals surface area contributed by atoms with Gasteiger partial charge in [0.25, 0.3) is 0 Å².